The quantitative estimate of drug-likeness (QED) is 0.498. The fraction of sp³-hybridized carbons (Fsp3) is 0.235. The van der Waals surface area contributed by atoms with Crippen LogP contribution in [0.25, 0.3) is 16.8 Å². The zero-order chi connectivity index (χ0) is 18.6. The number of hydrogen-bond donors (Lipinski definition) is 0. The van der Waals surface area contributed by atoms with Crippen LogP contribution in [0, 0.1) is 6.92 Å². The van der Waals surface area contributed by atoms with Crippen LogP contribution in [0.15, 0.2) is 45.1 Å². The molecule has 4 heterocycles. The summed E-state index contributed by atoms with van der Waals surface area (Å²) in [5, 5.41) is 0. The van der Waals surface area contributed by atoms with E-state index in [0.29, 0.717) is 22.5 Å². The van der Waals surface area contributed by atoms with E-state index >= 15 is 0 Å². The average molecular weight is 352 g/mol. The van der Waals surface area contributed by atoms with E-state index in [4.69, 9.17) is 0 Å². The summed E-state index contributed by atoms with van der Waals surface area (Å²) in [6.45, 7) is 2.10. The largest absolute Gasteiger partial charge is 0.332 e. The molecule has 0 saturated heterocycles. The van der Waals surface area contributed by atoms with E-state index in [1.54, 1.807) is 23.9 Å². The van der Waals surface area contributed by atoms with Crippen molar-refractivity contribution in [2.24, 2.45) is 14.1 Å². The number of imidazole rings is 1. The Morgan fingerprint density at radius 3 is 2.62 bits per heavy atom. The smallest absolute Gasteiger partial charge is 0.319 e. The lowest BCUT2D eigenvalue weighted by molar-refractivity contribution is 0.701. The molecule has 4 rings (SSSR count). The number of aryl methyl sites for hydroxylation is 2. The maximum absolute atomic E-state index is 12.5. The molecule has 0 unspecified atom stereocenters. The van der Waals surface area contributed by atoms with Crippen molar-refractivity contribution >= 4 is 16.8 Å². The number of hydrogen-bond acceptors (Lipinski definition) is 5. The molecule has 0 amide bonds. The monoisotopic (exact) mass is 352 g/mol. The molecule has 9 heteroatoms. The highest BCUT2D eigenvalue weighted by Crippen LogP contribution is 2.09. The van der Waals surface area contributed by atoms with Gasteiger partial charge in [-0.15, -0.1) is 0 Å². The minimum absolute atomic E-state index is 0.196. The van der Waals surface area contributed by atoms with Crippen LogP contribution < -0.4 is 16.8 Å². The topological polar surface area (TPSA) is 96.2 Å². The fourth-order valence-corrected chi connectivity index (χ4v) is 3.03. The summed E-state index contributed by atoms with van der Waals surface area (Å²) >= 11 is 0. The molecular formula is C17H16N6O3. The van der Waals surface area contributed by atoms with E-state index in [1.807, 2.05) is 13.0 Å². The first-order valence-electron chi connectivity index (χ1n) is 7.96. The van der Waals surface area contributed by atoms with Crippen molar-refractivity contribution in [3.8, 4) is 0 Å². The molecule has 0 radical (unpaired) electrons. The summed E-state index contributed by atoms with van der Waals surface area (Å²) in [5.41, 5.74) is 1.51. The first-order valence-corrected chi connectivity index (χ1v) is 7.96. The maximum atomic E-state index is 12.5. The van der Waals surface area contributed by atoms with Crippen LogP contribution in [0.4, 0.5) is 0 Å². The van der Waals surface area contributed by atoms with E-state index < -0.39 is 11.2 Å². The zero-order valence-corrected chi connectivity index (χ0v) is 14.5. The Morgan fingerprint density at radius 1 is 1.08 bits per heavy atom. The van der Waals surface area contributed by atoms with E-state index in [0.717, 1.165) is 10.1 Å². The molecule has 132 valence electrons. The van der Waals surface area contributed by atoms with Gasteiger partial charge in [-0.1, -0.05) is 6.07 Å². The summed E-state index contributed by atoms with van der Waals surface area (Å²) in [7, 11) is 2.98. The Kier molecular flexibility index (Phi) is 3.39. The molecule has 4 aromatic heterocycles. The van der Waals surface area contributed by atoms with E-state index in [1.165, 1.54) is 28.4 Å². The number of aromatic nitrogens is 6. The van der Waals surface area contributed by atoms with Crippen molar-refractivity contribution in [1.29, 1.82) is 0 Å². The van der Waals surface area contributed by atoms with Gasteiger partial charge in [-0.05, 0) is 18.6 Å². The molecule has 0 spiro atoms. The number of pyridine rings is 1. The molecule has 0 N–H and O–H groups in total. The predicted molar refractivity (Wildman–Crippen MR) is 95.5 cm³/mol. The molecule has 0 atom stereocenters. The molecule has 0 aliphatic rings. The summed E-state index contributed by atoms with van der Waals surface area (Å²) < 4.78 is 5.43. The first-order chi connectivity index (χ1) is 12.4. The first kappa shape index (κ1) is 16.0. The lowest BCUT2D eigenvalue weighted by Crippen LogP contribution is -2.37. The lowest BCUT2D eigenvalue weighted by atomic mass is 10.3. The Balaban J connectivity index is 1.90. The normalized spacial score (nSPS) is 11.5. The van der Waals surface area contributed by atoms with Gasteiger partial charge in [-0.3, -0.25) is 23.1 Å². The van der Waals surface area contributed by atoms with Crippen LogP contribution in [0.1, 0.15) is 11.3 Å². The van der Waals surface area contributed by atoms with Gasteiger partial charge in [0.25, 0.3) is 11.1 Å². The highest BCUT2D eigenvalue weighted by Gasteiger charge is 2.15. The van der Waals surface area contributed by atoms with Gasteiger partial charge in [0.05, 0.1) is 18.6 Å². The van der Waals surface area contributed by atoms with E-state index in [2.05, 4.69) is 9.97 Å². The van der Waals surface area contributed by atoms with Gasteiger partial charge >= 0.3 is 5.69 Å². The van der Waals surface area contributed by atoms with Crippen molar-refractivity contribution in [3.63, 3.8) is 0 Å². The Hall–Kier alpha value is -3.49. The molecule has 0 aliphatic heterocycles. The maximum Gasteiger partial charge on any atom is 0.332 e. The number of rotatable bonds is 2. The van der Waals surface area contributed by atoms with Crippen LogP contribution in [-0.4, -0.2) is 28.1 Å². The minimum atomic E-state index is -0.440. The summed E-state index contributed by atoms with van der Waals surface area (Å²) in [6, 6.07) is 5.09. The highest BCUT2D eigenvalue weighted by atomic mass is 16.2. The van der Waals surface area contributed by atoms with Gasteiger partial charge in [-0.2, -0.15) is 0 Å². The molecule has 0 saturated carbocycles. The van der Waals surface area contributed by atoms with Gasteiger partial charge in [-0.25, -0.2) is 14.8 Å². The van der Waals surface area contributed by atoms with Crippen LogP contribution in [0.2, 0.25) is 0 Å². The molecule has 26 heavy (non-hydrogen) atoms. The third-order valence-corrected chi connectivity index (χ3v) is 4.41. The molecule has 4 aromatic rings. The van der Waals surface area contributed by atoms with Gasteiger partial charge < -0.3 is 4.57 Å². The summed E-state index contributed by atoms with van der Waals surface area (Å²) in [6.07, 6.45) is 3.21. The standard InChI is InChI=1S/C17H16N6O3/c1-10-4-5-12-19-11(6-13(24)23(12)7-10)8-22-9-18-15-14(22)16(25)21(3)17(26)20(15)2/h4-7,9H,8H2,1-3H3. The summed E-state index contributed by atoms with van der Waals surface area (Å²) in [5.74, 6) is 0. The van der Waals surface area contributed by atoms with Crippen LogP contribution in [-0.2, 0) is 20.6 Å². The van der Waals surface area contributed by atoms with Crippen LogP contribution in [0.5, 0.6) is 0 Å². The zero-order valence-electron chi connectivity index (χ0n) is 14.5. The Bertz CT molecular complexity index is 1360. The van der Waals surface area contributed by atoms with E-state index in [-0.39, 0.29) is 12.1 Å². The fourth-order valence-electron chi connectivity index (χ4n) is 3.03. The third-order valence-electron chi connectivity index (χ3n) is 4.41. The Labute approximate surface area is 146 Å². The predicted octanol–water partition coefficient (Wildman–Crippen LogP) is -0.202. The summed E-state index contributed by atoms with van der Waals surface area (Å²) in [4.78, 5) is 45.5. The minimum Gasteiger partial charge on any atom is -0.319 e. The van der Waals surface area contributed by atoms with Crippen LogP contribution >= 0.6 is 0 Å². The molecule has 0 aromatic carbocycles. The van der Waals surface area contributed by atoms with Crippen molar-refractivity contribution in [3.05, 3.63) is 73.2 Å². The van der Waals surface area contributed by atoms with Crippen LogP contribution in [0.3, 0.4) is 0 Å². The molecule has 0 fully saturated rings. The second-order valence-electron chi connectivity index (χ2n) is 6.27. The van der Waals surface area contributed by atoms with Crippen molar-refractivity contribution in [1.82, 2.24) is 28.1 Å². The molecule has 0 bridgehead atoms. The van der Waals surface area contributed by atoms with Crippen molar-refractivity contribution in [2.75, 3.05) is 0 Å². The number of nitrogens with zero attached hydrogens (tertiary/aromatic N) is 6. The SMILES string of the molecule is Cc1ccc2nc(Cn3cnc4c3c(=O)n(C)c(=O)n4C)cc(=O)n2c1. The van der Waals surface area contributed by atoms with Gasteiger partial charge in [0, 0.05) is 26.4 Å². The van der Waals surface area contributed by atoms with Crippen molar-refractivity contribution in [2.45, 2.75) is 13.5 Å². The average Bonchev–Trinajstić information content (AvgIpc) is 3.02. The molecule has 9 nitrogen and oxygen atoms in total. The second kappa shape index (κ2) is 5.51. The van der Waals surface area contributed by atoms with Gasteiger partial charge in [0.15, 0.2) is 11.2 Å². The lowest BCUT2D eigenvalue weighted by Gasteiger charge is -2.08. The van der Waals surface area contributed by atoms with Crippen molar-refractivity contribution < 1.29 is 0 Å². The Morgan fingerprint density at radius 2 is 1.85 bits per heavy atom. The second-order valence-corrected chi connectivity index (χ2v) is 6.27. The molecular weight excluding hydrogens is 336 g/mol. The highest BCUT2D eigenvalue weighted by molar-refractivity contribution is 5.70. The van der Waals surface area contributed by atoms with Gasteiger partial charge in [0.2, 0.25) is 0 Å². The molecule has 0 aliphatic carbocycles. The van der Waals surface area contributed by atoms with E-state index in [9.17, 15) is 14.4 Å². The number of fused-ring (bicyclic) bond motifs is 2. The van der Waals surface area contributed by atoms with Gasteiger partial charge in [0.1, 0.15) is 5.65 Å². The third kappa shape index (κ3) is 2.28.